The molecular weight excluding hydrogens is 297 g/mol. The molecule has 0 aliphatic carbocycles. The first kappa shape index (κ1) is 15.6. The van der Waals surface area contributed by atoms with Crippen LogP contribution >= 0.6 is 15.9 Å². The molecule has 1 unspecified atom stereocenters. The van der Waals surface area contributed by atoms with Gasteiger partial charge in [-0.15, -0.1) is 0 Å². The van der Waals surface area contributed by atoms with Crippen LogP contribution < -0.4 is 5.32 Å². The number of methoxy groups -OCH3 is 1. The average molecular weight is 318 g/mol. The molecule has 18 heavy (non-hydrogen) atoms. The highest BCUT2D eigenvalue weighted by Gasteiger charge is 2.20. The summed E-state index contributed by atoms with van der Waals surface area (Å²) < 4.78 is 19.6. The molecule has 0 bridgehead atoms. The monoisotopic (exact) mass is 317 g/mol. The van der Waals surface area contributed by atoms with E-state index in [1.165, 1.54) is 6.07 Å². The molecule has 0 fully saturated rings. The van der Waals surface area contributed by atoms with Gasteiger partial charge in [0.15, 0.2) is 0 Å². The lowest BCUT2D eigenvalue weighted by Crippen LogP contribution is -2.26. The molecule has 1 atom stereocenters. The Balaban J connectivity index is 2.80. The molecule has 0 aromatic heterocycles. The smallest absolute Gasteiger partial charge is 0.123 e. The number of rotatable bonds is 6. The third-order valence-electron chi connectivity index (χ3n) is 3.27. The highest BCUT2D eigenvalue weighted by atomic mass is 79.9. The van der Waals surface area contributed by atoms with Gasteiger partial charge in [0, 0.05) is 17.6 Å². The van der Waals surface area contributed by atoms with E-state index in [1.807, 2.05) is 7.05 Å². The fourth-order valence-corrected chi connectivity index (χ4v) is 2.35. The molecule has 0 aliphatic rings. The fourth-order valence-electron chi connectivity index (χ4n) is 1.83. The van der Waals surface area contributed by atoms with Crippen LogP contribution in [0.15, 0.2) is 22.7 Å². The molecule has 1 aromatic carbocycles. The molecular formula is C14H21BrFNO. The minimum atomic E-state index is -0.209. The van der Waals surface area contributed by atoms with E-state index >= 15 is 0 Å². The van der Waals surface area contributed by atoms with Crippen LogP contribution in [0.2, 0.25) is 0 Å². The predicted octanol–water partition coefficient (Wildman–Crippen LogP) is 4.05. The lowest BCUT2D eigenvalue weighted by Gasteiger charge is -2.26. The summed E-state index contributed by atoms with van der Waals surface area (Å²) in [6, 6.07) is 4.89. The molecule has 1 N–H and O–H groups in total. The normalized spacial score (nSPS) is 13.7. The maximum atomic E-state index is 13.3. The van der Waals surface area contributed by atoms with Gasteiger partial charge in [0.25, 0.3) is 0 Å². The summed E-state index contributed by atoms with van der Waals surface area (Å²) in [7, 11) is 3.61. The average Bonchev–Trinajstić information content (AvgIpc) is 2.34. The number of nitrogens with one attached hydrogen (secondary N) is 1. The van der Waals surface area contributed by atoms with Crippen LogP contribution in [0, 0.1) is 5.82 Å². The first-order chi connectivity index (χ1) is 8.39. The molecule has 102 valence electrons. The molecule has 0 heterocycles. The van der Waals surface area contributed by atoms with E-state index in [0.717, 1.165) is 22.9 Å². The van der Waals surface area contributed by atoms with Crippen molar-refractivity contribution in [1.29, 1.82) is 0 Å². The van der Waals surface area contributed by atoms with Gasteiger partial charge < -0.3 is 10.1 Å². The Labute approximate surface area is 117 Å². The van der Waals surface area contributed by atoms with Crippen molar-refractivity contribution < 1.29 is 9.13 Å². The Bertz CT molecular complexity index is 395. The molecule has 4 heteroatoms. The van der Waals surface area contributed by atoms with Crippen LogP contribution in [0.4, 0.5) is 4.39 Å². The Kier molecular flexibility index (Phi) is 5.76. The maximum absolute atomic E-state index is 13.3. The lowest BCUT2D eigenvalue weighted by atomic mass is 9.95. The molecule has 2 nitrogen and oxygen atoms in total. The first-order valence-electron chi connectivity index (χ1n) is 6.07. The summed E-state index contributed by atoms with van der Waals surface area (Å²) >= 11 is 3.47. The number of ether oxygens (including phenoxy) is 1. The minimum absolute atomic E-state index is 0.115. The maximum Gasteiger partial charge on any atom is 0.123 e. The standard InChI is InChI=1S/C14H21BrFNO/c1-14(2,18-4)8-7-13(17-3)11-9-10(16)5-6-12(11)15/h5-6,9,13,17H,7-8H2,1-4H3. The van der Waals surface area contributed by atoms with Gasteiger partial charge in [-0.25, -0.2) is 4.39 Å². The molecule has 0 spiro atoms. The molecule has 0 saturated heterocycles. The molecule has 0 saturated carbocycles. The van der Waals surface area contributed by atoms with Crippen LogP contribution in [-0.4, -0.2) is 19.8 Å². The molecule has 0 radical (unpaired) electrons. The van der Waals surface area contributed by atoms with Crippen LogP contribution in [0.5, 0.6) is 0 Å². The lowest BCUT2D eigenvalue weighted by molar-refractivity contribution is 0.0118. The van der Waals surface area contributed by atoms with Gasteiger partial charge in [0.2, 0.25) is 0 Å². The highest BCUT2D eigenvalue weighted by molar-refractivity contribution is 9.10. The first-order valence-corrected chi connectivity index (χ1v) is 6.86. The largest absolute Gasteiger partial charge is 0.379 e. The quantitative estimate of drug-likeness (QED) is 0.854. The van der Waals surface area contributed by atoms with Crippen molar-refractivity contribution in [2.24, 2.45) is 0 Å². The molecule has 0 amide bonds. The second-order valence-electron chi connectivity index (χ2n) is 5.01. The van der Waals surface area contributed by atoms with E-state index in [-0.39, 0.29) is 17.5 Å². The van der Waals surface area contributed by atoms with Crippen molar-refractivity contribution in [2.45, 2.75) is 38.3 Å². The molecule has 1 rings (SSSR count). The fraction of sp³-hybridized carbons (Fsp3) is 0.571. The van der Waals surface area contributed by atoms with Gasteiger partial charge in [-0.3, -0.25) is 0 Å². The van der Waals surface area contributed by atoms with Crippen molar-refractivity contribution in [2.75, 3.05) is 14.2 Å². The van der Waals surface area contributed by atoms with Crippen molar-refractivity contribution >= 4 is 15.9 Å². The topological polar surface area (TPSA) is 21.3 Å². The SMILES string of the molecule is CNC(CCC(C)(C)OC)c1cc(F)ccc1Br. The number of halogens is 2. The Morgan fingerprint density at radius 3 is 2.67 bits per heavy atom. The summed E-state index contributed by atoms with van der Waals surface area (Å²) in [6.07, 6.45) is 1.79. The number of hydrogen-bond acceptors (Lipinski definition) is 2. The highest BCUT2D eigenvalue weighted by Crippen LogP contribution is 2.29. The summed E-state index contributed by atoms with van der Waals surface area (Å²) in [5, 5.41) is 3.23. The van der Waals surface area contributed by atoms with Crippen molar-refractivity contribution in [3.63, 3.8) is 0 Å². The van der Waals surface area contributed by atoms with Gasteiger partial charge in [0.05, 0.1) is 5.60 Å². The van der Waals surface area contributed by atoms with E-state index < -0.39 is 0 Å². The molecule has 1 aromatic rings. The van der Waals surface area contributed by atoms with Gasteiger partial charge in [-0.1, -0.05) is 15.9 Å². The van der Waals surface area contributed by atoms with E-state index in [1.54, 1.807) is 19.2 Å². The number of benzene rings is 1. The number of hydrogen-bond donors (Lipinski definition) is 1. The zero-order valence-electron chi connectivity index (χ0n) is 11.4. The Hall–Kier alpha value is -0.450. The predicted molar refractivity (Wildman–Crippen MR) is 76.2 cm³/mol. The van der Waals surface area contributed by atoms with Crippen molar-refractivity contribution in [1.82, 2.24) is 5.32 Å². The Morgan fingerprint density at radius 1 is 1.44 bits per heavy atom. The van der Waals surface area contributed by atoms with Crippen LogP contribution in [-0.2, 0) is 4.74 Å². The van der Waals surface area contributed by atoms with Gasteiger partial charge in [-0.2, -0.15) is 0 Å². The third kappa shape index (κ3) is 4.34. The van der Waals surface area contributed by atoms with E-state index in [4.69, 9.17) is 4.74 Å². The van der Waals surface area contributed by atoms with Gasteiger partial charge >= 0.3 is 0 Å². The van der Waals surface area contributed by atoms with Gasteiger partial charge in [0.1, 0.15) is 5.82 Å². The second kappa shape index (κ2) is 6.64. The van der Waals surface area contributed by atoms with Crippen LogP contribution in [0.1, 0.15) is 38.3 Å². The second-order valence-corrected chi connectivity index (χ2v) is 5.86. The summed E-state index contributed by atoms with van der Waals surface area (Å²) in [6.45, 7) is 4.11. The van der Waals surface area contributed by atoms with Gasteiger partial charge in [-0.05, 0) is 57.5 Å². The summed E-state index contributed by atoms with van der Waals surface area (Å²) in [5.74, 6) is -0.209. The summed E-state index contributed by atoms with van der Waals surface area (Å²) in [4.78, 5) is 0. The van der Waals surface area contributed by atoms with E-state index in [2.05, 4.69) is 35.1 Å². The van der Waals surface area contributed by atoms with Crippen molar-refractivity contribution in [3.8, 4) is 0 Å². The summed E-state index contributed by atoms with van der Waals surface area (Å²) in [5.41, 5.74) is 0.791. The van der Waals surface area contributed by atoms with Crippen molar-refractivity contribution in [3.05, 3.63) is 34.1 Å². The molecule has 0 aliphatic heterocycles. The van der Waals surface area contributed by atoms with Crippen LogP contribution in [0.3, 0.4) is 0 Å². The minimum Gasteiger partial charge on any atom is -0.379 e. The zero-order chi connectivity index (χ0) is 13.8. The Morgan fingerprint density at radius 2 is 2.11 bits per heavy atom. The zero-order valence-corrected chi connectivity index (χ0v) is 13.0. The van der Waals surface area contributed by atoms with E-state index in [9.17, 15) is 4.39 Å². The third-order valence-corrected chi connectivity index (χ3v) is 3.99. The van der Waals surface area contributed by atoms with E-state index in [0.29, 0.717) is 0 Å². The van der Waals surface area contributed by atoms with Crippen LogP contribution in [0.25, 0.3) is 0 Å².